The first-order valence-electron chi connectivity index (χ1n) is 10.1. The van der Waals surface area contributed by atoms with Crippen molar-refractivity contribution in [2.24, 2.45) is 11.3 Å². The van der Waals surface area contributed by atoms with Crippen molar-refractivity contribution in [3.63, 3.8) is 0 Å². The van der Waals surface area contributed by atoms with Gasteiger partial charge in [-0.3, -0.25) is 9.59 Å². The number of carbonyl (C=O) groups excluding carboxylic acids is 2. The summed E-state index contributed by atoms with van der Waals surface area (Å²) in [4.78, 5) is 31.1. The molecular weight excluding hydrogens is 330 g/mol. The number of aromatic nitrogens is 3. The molecule has 1 saturated heterocycles. The Hall–Kier alpha value is -1.92. The van der Waals surface area contributed by atoms with Gasteiger partial charge in [0.25, 0.3) is 0 Å². The van der Waals surface area contributed by atoms with E-state index in [1.807, 2.05) is 4.90 Å². The minimum atomic E-state index is -0.106. The average Bonchev–Trinajstić information content (AvgIpc) is 3.33. The van der Waals surface area contributed by atoms with Crippen LogP contribution in [0.4, 0.5) is 0 Å². The van der Waals surface area contributed by atoms with Crippen LogP contribution in [0.1, 0.15) is 57.8 Å². The predicted molar refractivity (Wildman–Crippen MR) is 96.0 cm³/mol. The van der Waals surface area contributed by atoms with E-state index in [0.717, 1.165) is 25.2 Å². The van der Waals surface area contributed by atoms with Gasteiger partial charge in [-0.1, -0.05) is 38.5 Å². The third kappa shape index (κ3) is 3.62. The van der Waals surface area contributed by atoms with Crippen LogP contribution < -0.4 is 5.32 Å². The number of hydrogen-bond acceptors (Lipinski definition) is 4. The third-order valence-electron chi connectivity index (χ3n) is 6.47. The summed E-state index contributed by atoms with van der Waals surface area (Å²) < 4.78 is 1.51. The maximum atomic E-state index is 13.2. The van der Waals surface area contributed by atoms with E-state index in [0.29, 0.717) is 19.0 Å². The molecule has 0 aromatic carbocycles. The van der Waals surface area contributed by atoms with Crippen molar-refractivity contribution in [1.29, 1.82) is 0 Å². The Morgan fingerprint density at radius 1 is 1.12 bits per heavy atom. The van der Waals surface area contributed by atoms with Crippen LogP contribution in [0.5, 0.6) is 0 Å². The quantitative estimate of drug-likeness (QED) is 0.839. The van der Waals surface area contributed by atoms with Crippen LogP contribution in [0.2, 0.25) is 0 Å². The summed E-state index contributed by atoms with van der Waals surface area (Å²) in [5.74, 6) is 1.02. The molecule has 2 amide bonds. The number of carbonyl (C=O) groups is 2. The summed E-state index contributed by atoms with van der Waals surface area (Å²) in [5, 5.41) is 6.94. The summed E-state index contributed by atoms with van der Waals surface area (Å²) in [6, 6.07) is 0.0694. The molecule has 7 heteroatoms. The highest BCUT2D eigenvalue weighted by atomic mass is 16.2. The summed E-state index contributed by atoms with van der Waals surface area (Å²) in [6.07, 6.45) is 13.8. The van der Waals surface area contributed by atoms with Crippen LogP contribution >= 0.6 is 0 Å². The number of nitrogens with one attached hydrogen (secondary N) is 1. The van der Waals surface area contributed by atoms with Gasteiger partial charge < -0.3 is 10.2 Å². The molecule has 2 aliphatic carbocycles. The molecule has 0 atom stereocenters. The van der Waals surface area contributed by atoms with Gasteiger partial charge in [0.15, 0.2) is 0 Å². The van der Waals surface area contributed by atoms with E-state index >= 15 is 0 Å². The molecule has 26 heavy (non-hydrogen) atoms. The van der Waals surface area contributed by atoms with Gasteiger partial charge in [0, 0.05) is 18.5 Å². The van der Waals surface area contributed by atoms with Gasteiger partial charge in [-0.2, -0.15) is 5.10 Å². The highest BCUT2D eigenvalue weighted by Crippen LogP contribution is 2.48. The lowest BCUT2D eigenvalue weighted by molar-refractivity contribution is -0.149. The number of amides is 2. The summed E-state index contributed by atoms with van der Waals surface area (Å²) >= 11 is 0. The zero-order chi connectivity index (χ0) is 18.0. The van der Waals surface area contributed by atoms with Crippen molar-refractivity contribution in [2.75, 3.05) is 13.1 Å². The lowest BCUT2D eigenvalue weighted by atomic mass is 9.75. The van der Waals surface area contributed by atoms with Gasteiger partial charge in [-0.25, -0.2) is 9.67 Å². The Labute approximate surface area is 154 Å². The second-order valence-corrected chi connectivity index (χ2v) is 8.41. The number of hydrogen-bond donors (Lipinski definition) is 1. The number of nitrogens with zero attached hydrogens (tertiary/aromatic N) is 4. The van der Waals surface area contributed by atoms with Gasteiger partial charge in [0.05, 0.1) is 6.04 Å². The van der Waals surface area contributed by atoms with Crippen LogP contribution in [-0.2, 0) is 16.1 Å². The zero-order valence-electron chi connectivity index (χ0n) is 15.4. The van der Waals surface area contributed by atoms with E-state index in [1.165, 1.54) is 55.9 Å². The molecule has 1 N–H and O–H groups in total. The number of likely N-dealkylation sites (tertiary alicyclic amines) is 1. The van der Waals surface area contributed by atoms with Gasteiger partial charge >= 0.3 is 0 Å². The van der Waals surface area contributed by atoms with Crippen LogP contribution in [-0.4, -0.2) is 50.6 Å². The molecule has 4 rings (SSSR count). The highest BCUT2D eigenvalue weighted by Gasteiger charge is 2.47. The van der Waals surface area contributed by atoms with Gasteiger partial charge in [-0.05, 0) is 25.2 Å². The first kappa shape index (κ1) is 17.5. The minimum Gasteiger partial charge on any atom is -0.348 e. The molecule has 1 aromatic heterocycles. The van der Waals surface area contributed by atoms with Crippen LogP contribution in [0.3, 0.4) is 0 Å². The van der Waals surface area contributed by atoms with E-state index in [9.17, 15) is 9.59 Å². The molecule has 2 heterocycles. The highest BCUT2D eigenvalue weighted by molar-refractivity contribution is 5.84. The molecular formula is C19H29N5O2. The molecule has 0 unspecified atom stereocenters. The maximum absolute atomic E-state index is 13.2. The lowest BCUT2D eigenvalue weighted by Gasteiger charge is -2.45. The second-order valence-electron chi connectivity index (χ2n) is 8.41. The Balaban J connectivity index is 1.28. The van der Waals surface area contributed by atoms with Crippen molar-refractivity contribution in [1.82, 2.24) is 25.0 Å². The predicted octanol–water partition coefficient (Wildman–Crippen LogP) is 1.75. The van der Waals surface area contributed by atoms with Crippen LogP contribution in [0, 0.1) is 11.3 Å². The fourth-order valence-electron chi connectivity index (χ4n) is 5.13. The molecule has 0 spiro atoms. The molecule has 1 aromatic rings. The lowest BCUT2D eigenvalue weighted by Crippen LogP contribution is -2.63. The first-order valence-corrected chi connectivity index (χ1v) is 10.1. The van der Waals surface area contributed by atoms with Gasteiger partial charge in [0.1, 0.15) is 19.2 Å². The molecule has 3 aliphatic rings. The smallest absolute Gasteiger partial charge is 0.242 e. The van der Waals surface area contributed by atoms with Crippen molar-refractivity contribution >= 4 is 11.8 Å². The van der Waals surface area contributed by atoms with Gasteiger partial charge in [-0.15, -0.1) is 0 Å². The maximum Gasteiger partial charge on any atom is 0.242 e. The fraction of sp³-hybridized carbons (Fsp3) is 0.789. The Kier molecular flexibility index (Phi) is 4.96. The van der Waals surface area contributed by atoms with Gasteiger partial charge in [0.2, 0.25) is 11.8 Å². The van der Waals surface area contributed by atoms with Crippen molar-refractivity contribution in [2.45, 2.75) is 70.4 Å². The largest absolute Gasteiger partial charge is 0.348 e. The zero-order valence-corrected chi connectivity index (χ0v) is 15.4. The van der Waals surface area contributed by atoms with E-state index in [-0.39, 0.29) is 23.9 Å². The van der Waals surface area contributed by atoms with E-state index in [4.69, 9.17) is 0 Å². The molecule has 0 radical (unpaired) electrons. The molecule has 0 bridgehead atoms. The van der Waals surface area contributed by atoms with Crippen LogP contribution in [0.25, 0.3) is 0 Å². The Morgan fingerprint density at radius 3 is 2.50 bits per heavy atom. The van der Waals surface area contributed by atoms with Crippen molar-refractivity contribution in [3.8, 4) is 0 Å². The normalized spacial score (nSPS) is 23.2. The van der Waals surface area contributed by atoms with Crippen LogP contribution in [0.15, 0.2) is 12.7 Å². The standard InChI is InChI=1S/C19H29N5O2/c25-17(12-24-14-20-13-21-24)22-16-10-23(11-16)18(26)19(7-3-4-8-19)9-15-5-1-2-6-15/h13-16H,1-12H2,(H,22,25). The van der Waals surface area contributed by atoms with Crippen molar-refractivity contribution in [3.05, 3.63) is 12.7 Å². The Bertz CT molecular complexity index is 626. The van der Waals surface area contributed by atoms with E-state index < -0.39 is 0 Å². The minimum absolute atomic E-state index is 0.0694. The van der Waals surface area contributed by atoms with E-state index in [2.05, 4.69) is 15.4 Å². The summed E-state index contributed by atoms with van der Waals surface area (Å²) in [7, 11) is 0. The van der Waals surface area contributed by atoms with Crippen molar-refractivity contribution < 1.29 is 9.59 Å². The average molecular weight is 359 g/mol. The van der Waals surface area contributed by atoms with E-state index in [1.54, 1.807) is 0 Å². The summed E-state index contributed by atoms with van der Waals surface area (Å²) in [6.45, 7) is 1.47. The number of rotatable bonds is 6. The molecule has 7 nitrogen and oxygen atoms in total. The second kappa shape index (κ2) is 7.37. The third-order valence-corrected chi connectivity index (χ3v) is 6.47. The molecule has 142 valence electrons. The molecule has 2 saturated carbocycles. The first-order chi connectivity index (χ1) is 12.6. The fourth-order valence-corrected chi connectivity index (χ4v) is 5.13. The monoisotopic (exact) mass is 359 g/mol. The topological polar surface area (TPSA) is 80.1 Å². The SMILES string of the molecule is O=C(Cn1cncn1)NC1CN(C(=O)C2(CC3CCCC3)CCCC2)C1. The molecule has 1 aliphatic heterocycles. The molecule has 3 fully saturated rings. The Morgan fingerprint density at radius 2 is 1.85 bits per heavy atom. The summed E-state index contributed by atoms with van der Waals surface area (Å²) in [5.41, 5.74) is -0.106.